The van der Waals surface area contributed by atoms with Gasteiger partial charge < -0.3 is 4.52 Å². The lowest BCUT2D eigenvalue weighted by atomic mass is 9.92. The SMILES string of the molecule is Cc1ccc(C[S@@](=O)CC(=O)Nc2cc(C(C)(C)C)no2)cc1. The minimum absolute atomic E-state index is 0.0700. The van der Waals surface area contributed by atoms with Crippen molar-refractivity contribution < 1.29 is 13.5 Å². The molecule has 0 bridgehead atoms. The number of amides is 1. The van der Waals surface area contributed by atoms with Crippen molar-refractivity contribution in [2.45, 2.75) is 38.9 Å². The van der Waals surface area contributed by atoms with Gasteiger partial charge in [0.1, 0.15) is 5.75 Å². The van der Waals surface area contributed by atoms with E-state index < -0.39 is 10.8 Å². The molecule has 1 aromatic heterocycles. The van der Waals surface area contributed by atoms with E-state index in [0.29, 0.717) is 5.75 Å². The van der Waals surface area contributed by atoms with Gasteiger partial charge in [-0.05, 0) is 12.5 Å². The predicted molar refractivity (Wildman–Crippen MR) is 91.7 cm³/mol. The molecule has 0 radical (unpaired) electrons. The summed E-state index contributed by atoms with van der Waals surface area (Å²) in [5.41, 5.74) is 2.71. The number of nitrogens with one attached hydrogen (secondary N) is 1. The number of aromatic nitrogens is 1. The highest BCUT2D eigenvalue weighted by molar-refractivity contribution is 7.84. The maximum absolute atomic E-state index is 12.1. The van der Waals surface area contributed by atoms with Crippen molar-refractivity contribution in [1.82, 2.24) is 5.16 Å². The fourth-order valence-electron chi connectivity index (χ4n) is 1.93. The number of aryl methyl sites for hydroxylation is 1. The Morgan fingerprint density at radius 3 is 2.48 bits per heavy atom. The Balaban J connectivity index is 1.88. The molecule has 23 heavy (non-hydrogen) atoms. The van der Waals surface area contributed by atoms with Crippen LogP contribution in [0.25, 0.3) is 0 Å². The Morgan fingerprint density at radius 1 is 1.26 bits per heavy atom. The van der Waals surface area contributed by atoms with Gasteiger partial charge in [-0.3, -0.25) is 14.3 Å². The van der Waals surface area contributed by atoms with Crippen LogP contribution >= 0.6 is 0 Å². The number of carbonyl (C=O) groups is 1. The number of hydrogen-bond donors (Lipinski definition) is 1. The van der Waals surface area contributed by atoms with E-state index in [9.17, 15) is 9.00 Å². The van der Waals surface area contributed by atoms with E-state index in [2.05, 4.69) is 10.5 Å². The summed E-state index contributed by atoms with van der Waals surface area (Å²) in [6, 6.07) is 9.49. The molecule has 0 fully saturated rings. The zero-order valence-electron chi connectivity index (χ0n) is 13.9. The van der Waals surface area contributed by atoms with Crippen molar-refractivity contribution in [2.24, 2.45) is 0 Å². The first-order valence-corrected chi connectivity index (χ1v) is 8.90. The third-order valence-electron chi connectivity index (χ3n) is 3.28. The fourth-order valence-corrected chi connectivity index (χ4v) is 2.96. The smallest absolute Gasteiger partial charge is 0.239 e. The average Bonchev–Trinajstić information content (AvgIpc) is 2.89. The zero-order chi connectivity index (χ0) is 17.0. The predicted octanol–water partition coefficient (Wildman–Crippen LogP) is 3.17. The van der Waals surface area contributed by atoms with Gasteiger partial charge in [0.25, 0.3) is 0 Å². The molecule has 2 aromatic rings. The summed E-state index contributed by atoms with van der Waals surface area (Å²) in [6.45, 7) is 8.02. The van der Waals surface area contributed by atoms with Crippen LogP contribution in [0.15, 0.2) is 34.9 Å². The van der Waals surface area contributed by atoms with Crippen LogP contribution in [0.4, 0.5) is 5.88 Å². The molecule has 6 heteroatoms. The molecule has 124 valence electrons. The molecule has 0 aliphatic carbocycles. The Bertz CT molecular complexity index is 699. The molecule has 0 spiro atoms. The van der Waals surface area contributed by atoms with Gasteiger partial charge in [0.2, 0.25) is 11.8 Å². The van der Waals surface area contributed by atoms with Crippen LogP contribution in [0.3, 0.4) is 0 Å². The molecule has 0 saturated heterocycles. The molecule has 1 atom stereocenters. The third-order valence-corrected chi connectivity index (χ3v) is 4.52. The van der Waals surface area contributed by atoms with Crippen molar-refractivity contribution in [3.63, 3.8) is 0 Å². The summed E-state index contributed by atoms with van der Waals surface area (Å²) in [4.78, 5) is 11.9. The van der Waals surface area contributed by atoms with Gasteiger partial charge in [0.15, 0.2) is 0 Å². The maximum atomic E-state index is 12.1. The number of carbonyl (C=O) groups excluding carboxylic acids is 1. The molecule has 2 rings (SSSR count). The Hall–Kier alpha value is -1.95. The van der Waals surface area contributed by atoms with Crippen LogP contribution in [0, 0.1) is 6.92 Å². The average molecular weight is 334 g/mol. The molecule has 0 saturated carbocycles. The highest BCUT2D eigenvalue weighted by Gasteiger charge is 2.20. The van der Waals surface area contributed by atoms with E-state index in [0.717, 1.165) is 16.8 Å². The fraction of sp³-hybridized carbons (Fsp3) is 0.412. The van der Waals surface area contributed by atoms with Crippen LogP contribution in [0.2, 0.25) is 0 Å². The van der Waals surface area contributed by atoms with Gasteiger partial charge in [-0.25, -0.2) is 0 Å². The quantitative estimate of drug-likeness (QED) is 0.911. The molecular weight excluding hydrogens is 312 g/mol. The van der Waals surface area contributed by atoms with Gasteiger partial charge in [-0.2, -0.15) is 0 Å². The number of rotatable bonds is 5. The summed E-state index contributed by atoms with van der Waals surface area (Å²) in [5, 5.41) is 6.53. The van der Waals surface area contributed by atoms with Crippen molar-refractivity contribution >= 4 is 22.6 Å². The lowest BCUT2D eigenvalue weighted by Gasteiger charge is -2.12. The molecule has 1 aromatic carbocycles. The molecule has 1 heterocycles. The topological polar surface area (TPSA) is 72.2 Å². The molecule has 1 amide bonds. The minimum Gasteiger partial charge on any atom is -0.338 e. The highest BCUT2D eigenvalue weighted by Crippen LogP contribution is 2.23. The third kappa shape index (κ3) is 5.32. The summed E-state index contributed by atoms with van der Waals surface area (Å²) in [6.07, 6.45) is 0. The summed E-state index contributed by atoms with van der Waals surface area (Å²) < 4.78 is 17.2. The van der Waals surface area contributed by atoms with E-state index in [1.165, 1.54) is 0 Å². The standard InChI is InChI=1S/C17H22N2O3S/c1-12-5-7-13(8-6-12)10-23(21)11-15(20)18-16-9-14(19-22-16)17(2,3)4/h5-9H,10-11H2,1-4H3,(H,18,20)/t23-/m1/s1. The lowest BCUT2D eigenvalue weighted by Crippen LogP contribution is -2.20. The van der Waals surface area contributed by atoms with Crippen molar-refractivity contribution in [2.75, 3.05) is 11.1 Å². The van der Waals surface area contributed by atoms with Crippen molar-refractivity contribution in [3.05, 3.63) is 47.2 Å². The van der Waals surface area contributed by atoms with Gasteiger partial charge in [-0.15, -0.1) is 0 Å². The maximum Gasteiger partial charge on any atom is 0.239 e. The van der Waals surface area contributed by atoms with Gasteiger partial charge in [0.05, 0.1) is 5.69 Å². The summed E-state index contributed by atoms with van der Waals surface area (Å²) >= 11 is 0. The second-order valence-electron chi connectivity index (χ2n) is 6.59. The lowest BCUT2D eigenvalue weighted by molar-refractivity contribution is -0.114. The molecular formula is C17H22N2O3S. The van der Waals surface area contributed by atoms with Gasteiger partial charge >= 0.3 is 0 Å². The zero-order valence-corrected chi connectivity index (χ0v) is 14.7. The Labute approximate surface area is 138 Å². The Kier molecular flexibility index (Phi) is 5.36. The second kappa shape index (κ2) is 7.08. The highest BCUT2D eigenvalue weighted by atomic mass is 32.2. The van der Waals surface area contributed by atoms with E-state index in [4.69, 9.17) is 4.52 Å². The molecule has 1 N–H and O–H groups in total. The number of anilines is 1. The van der Waals surface area contributed by atoms with Crippen molar-refractivity contribution in [1.29, 1.82) is 0 Å². The Morgan fingerprint density at radius 2 is 1.91 bits per heavy atom. The first-order chi connectivity index (χ1) is 10.7. The number of benzene rings is 1. The number of nitrogens with zero attached hydrogens (tertiary/aromatic N) is 1. The normalized spacial score (nSPS) is 12.9. The van der Waals surface area contributed by atoms with Gasteiger partial charge in [-0.1, -0.05) is 55.8 Å². The summed E-state index contributed by atoms with van der Waals surface area (Å²) in [7, 11) is -1.27. The monoisotopic (exact) mass is 334 g/mol. The van der Waals surface area contributed by atoms with Crippen LogP contribution in [-0.2, 0) is 26.8 Å². The molecule has 0 aliphatic rings. The van der Waals surface area contributed by atoms with Gasteiger partial charge in [0, 0.05) is 28.0 Å². The van der Waals surface area contributed by atoms with E-state index in [1.54, 1.807) is 6.07 Å². The first kappa shape index (κ1) is 17.4. The van der Waals surface area contributed by atoms with Crippen LogP contribution in [-0.4, -0.2) is 21.0 Å². The number of hydrogen-bond acceptors (Lipinski definition) is 4. The summed E-state index contributed by atoms with van der Waals surface area (Å²) in [5.74, 6) is 0.232. The minimum atomic E-state index is -1.27. The van der Waals surface area contributed by atoms with Crippen LogP contribution < -0.4 is 5.32 Å². The van der Waals surface area contributed by atoms with E-state index in [1.807, 2.05) is 52.0 Å². The molecule has 0 aliphatic heterocycles. The van der Waals surface area contributed by atoms with Crippen LogP contribution in [0.5, 0.6) is 0 Å². The largest absolute Gasteiger partial charge is 0.338 e. The van der Waals surface area contributed by atoms with E-state index >= 15 is 0 Å². The van der Waals surface area contributed by atoms with Crippen molar-refractivity contribution in [3.8, 4) is 0 Å². The first-order valence-electron chi connectivity index (χ1n) is 7.41. The second-order valence-corrected chi connectivity index (χ2v) is 8.05. The van der Waals surface area contributed by atoms with Crippen LogP contribution in [0.1, 0.15) is 37.6 Å². The molecule has 5 nitrogen and oxygen atoms in total. The van der Waals surface area contributed by atoms with E-state index in [-0.39, 0.29) is 23.0 Å². The molecule has 0 unspecified atom stereocenters.